The zero-order valence-corrected chi connectivity index (χ0v) is 12.3. The molecular formula is C18H19FN2O. The molecule has 1 heterocycles. The van der Waals surface area contributed by atoms with Gasteiger partial charge in [-0.1, -0.05) is 42.5 Å². The van der Waals surface area contributed by atoms with Crippen LogP contribution in [0, 0.1) is 11.7 Å². The molecule has 3 nitrogen and oxygen atoms in total. The summed E-state index contributed by atoms with van der Waals surface area (Å²) in [6.07, 6.45) is 0. The highest BCUT2D eigenvalue weighted by Crippen LogP contribution is 2.28. The highest BCUT2D eigenvalue weighted by Gasteiger charge is 2.33. The summed E-state index contributed by atoms with van der Waals surface area (Å²) < 4.78 is 13.0. The van der Waals surface area contributed by atoms with Crippen molar-refractivity contribution in [3.63, 3.8) is 0 Å². The second kappa shape index (κ2) is 6.71. The lowest BCUT2D eigenvalue weighted by atomic mass is 9.88. The maximum absolute atomic E-state index is 13.0. The number of carbonyl (C=O) groups excluding carboxylic acids is 1. The Kier molecular flexibility index (Phi) is 4.49. The smallest absolute Gasteiger partial charge is 0.225 e. The van der Waals surface area contributed by atoms with Gasteiger partial charge in [0, 0.05) is 25.6 Å². The van der Waals surface area contributed by atoms with E-state index in [1.165, 1.54) is 12.1 Å². The summed E-state index contributed by atoms with van der Waals surface area (Å²) in [5, 5.41) is 6.26. The molecule has 4 heteroatoms. The van der Waals surface area contributed by atoms with Gasteiger partial charge in [0.2, 0.25) is 5.91 Å². The molecule has 0 spiro atoms. The SMILES string of the molecule is O=C(NCc1ccccc1)C1CNC[C@H]1c1ccc(F)cc1. The third-order valence-electron chi connectivity index (χ3n) is 4.16. The van der Waals surface area contributed by atoms with Gasteiger partial charge in [-0.05, 0) is 23.3 Å². The highest BCUT2D eigenvalue weighted by molar-refractivity contribution is 5.80. The molecule has 0 aliphatic carbocycles. The van der Waals surface area contributed by atoms with Crippen molar-refractivity contribution < 1.29 is 9.18 Å². The standard InChI is InChI=1S/C18H19FN2O/c19-15-8-6-14(7-9-15)16-11-20-12-17(16)18(22)21-10-13-4-2-1-3-5-13/h1-9,16-17,20H,10-12H2,(H,21,22)/t16-,17?/m0/s1. The van der Waals surface area contributed by atoms with Crippen molar-refractivity contribution >= 4 is 5.91 Å². The molecule has 0 aromatic heterocycles. The predicted octanol–water partition coefficient (Wildman–Crippen LogP) is 2.45. The van der Waals surface area contributed by atoms with E-state index in [-0.39, 0.29) is 23.6 Å². The van der Waals surface area contributed by atoms with Crippen molar-refractivity contribution in [2.75, 3.05) is 13.1 Å². The zero-order valence-electron chi connectivity index (χ0n) is 12.3. The first-order chi connectivity index (χ1) is 10.7. The number of hydrogen-bond acceptors (Lipinski definition) is 2. The quantitative estimate of drug-likeness (QED) is 0.910. The minimum Gasteiger partial charge on any atom is -0.352 e. The normalized spacial score (nSPS) is 20.8. The van der Waals surface area contributed by atoms with E-state index < -0.39 is 0 Å². The molecule has 1 amide bonds. The largest absolute Gasteiger partial charge is 0.352 e. The Bertz CT molecular complexity index is 627. The van der Waals surface area contributed by atoms with Crippen LogP contribution >= 0.6 is 0 Å². The average Bonchev–Trinajstić information content (AvgIpc) is 3.04. The van der Waals surface area contributed by atoms with E-state index in [4.69, 9.17) is 0 Å². The predicted molar refractivity (Wildman–Crippen MR) is 83.8 cm³/mol. The Morgan fingerprint density at radius 1 is 1.09 bits per heavy atom. The van der Waals surface area contributed by atoms with Gasteiger partial charge in [0.25, 0.3) is 0 Å². The number of benzene rings is 2. The van der Waals surface area contributed by atoms with E-state index >= 15 is 0 Å². The summed E-state index contributed by atoms with van der Waals surface area (Å²) in [7, 11) is 0. The van der Waals surface area contributed by atoms with Crippen LogP contribution in [0.4, 0.5) is 4.39 Å². The van der Waals surface area contributed by atoms with E-state index in [1.54, 1.807) is 12.1 Å². The summed E-state index contributed by atoms with van der Waals surface area (Å²) in [5.74, 6) is -0.228. The maximum Gasteiger partial charge on any atom is 0.225 e. The lowest BCUT2D eigenvalue weighted by Crippen LogP contribution is -2.34. The van der Waals surface area contributed by atoms with Gasteiger partial charge in [-0.3, -0.25) is 4.79 Å². The number of carbonyl (C=O) groups is 1. The van der Waals surface area contributed by atoms with E-state index in [2.05, 4.69) is 10.6 Å². The third kappa shape index (κ3) is 3.34. The van der Waals surface area contributed by atoms with Crippen LogP contribution in [0.3, 0.4) is 0 Å². The molecule has 1 unspecified atom stereocenters. The Labute approximate surface area is 129 Å². The van der Waals surface area contributed by atoms with Crippen molar-refractivity contribution in [1.29, 1.82) is 0 Å². The van der Waals surface area contributed by atoms with Crippen LogP contribution in [0.5, 0.6) is 0 Å². The van der Waals surface area contributed by atoms with Crippen LogP contribution in [0.1, 0.15) is 17.0 Å². The second-order valence-corrected chi connectivity index (χ2v) is 5.63. The second-order valence-electron chi connectivity index (χ2n) is 5.63. The molecular weight excluding hydrogens is 279 g/mol. The van der Waals surface area contributed by atoms with E-state index in [0.717, 1.165) is 17.7 Å². The van der Waals surface area contributed by atoms with Crippen molar-refractivity contribution in [2.45, 2.75) is 12.5 Å². The number of halogens is 1. The molecule has 0 radical (unpaired) electrons. The summed E-state index contributed by atoms with van der Waals surface area (Å²) in [4.78, 5) is 12.4. The van der Waals surface area contributed by atoms with Gasteiger partial charge >= 0.3 is 0 Å². The first kappa shape index (κ1) is 14.7. The fourth-order valence-electron chi connectivity index (χ4n) is 2.93. The summed E-state index contributed by atoms with van der Waals surface area (Å²) in [6.45, 7) is 1.93. The van der Waals surface area contributed by atoms with E-state index in [0.29, 0.717) is 13.1 Å². The molecule has 22 heavy (non-hydrogen) atoms. The molecule has 1 saturated heterocycles. The van der Waals surface area contributed by atoms with Crippen LogP contribution in [0.25, 0.3) is 0 Å². The van der Waals surface area contributed by atoms with Gasteiger partial charge in [0.05, 0.1) is 5.92 Å². The lowest BCUT2D eigenvalue weighted by Gasteiger charge is -2.18. The molecule has 2 N–H and O–H groups in total. The van der Waals surface area contributed by atoms with Gasteiger partial charge in [-0.25, -0.2) is 4.39 Å². The van der Waals surface area contributed by atoms with Crippen LogP contribution in [0.2, 0.25) is 0 Å². The Balaban J connectivity index is 1.65. The molecule has 1 fully saturated rings. The number of hydrogen-bond donors (Lipinski definition) is 2. The Hall–Kier alpha value is -2.20. The molecule has 1 aliphatic rings. The monoisotopic (exact) mass is 298 g/mol. The van der Waals surface area contributed by atoms with Gasteiger partial charge in [-0.15, -0.1) is 0 Å². The van der Waals surface area contributed by atoms with E-state index in [1.807, 2.05) is 30.3 Å². The minimum atomic E-state index is -0.250. The number of nitrogens with one attached hydrogen (secondary N) is 2. The molecule has 1 aliphatic heterocycles. The molecule has 3 rings (SSSR count). The highest BCUT2D eigenvalue weighted by atomic mass is 19.1. The van der Waals surface area contributed by atoms with Crippen molar-refractivity contribution in [3.8, 4) is 0 Å². The van der Waals surface area contributed by atoms with Gasteiger partial charge in [0.15, 0.2) is 0 Å². The summed E-state index contributed by atoms with van der Waals surface area (Å²) >= 11 is 0. The fourth-order valence-corrected chi connectivity index (χ4v) is 2.93. The van der Waals surface area contributed by atoms with Gasteiger partial charge in [0.1, 0.15) is 5.82 Å². The average molecular weight is 298 g/mol. The molecule has 114 valence electrons. The van der Waals surface area contributed by atoms with Gasteiger partial charge in [-0.2, -0.15) is 0 Å². The number of amides is 1. The maximum atomic E-state index is 13.0. The zero-order chi connectivity index (χ0) is 15.4. The third-order valence-corrected chi connectivity index (χ3v) is 4.16. The topological polar surface area (TPSA) is 41.1 Å². The fraction of sp³-hybridized carbons (Fsp3) is 0.278. The first-order valence-corrected chi connectivity index (χ1v) is 7.52. The molecule has 0 saturated carbocycles. The molecule has 0 bridgehead atoms. The van der Waals surface area contributed by atoms with Crippen molar-refractivity contribution in [2.24, 2.45) is 5.92 Å². The van der Waals surface area contributed by atoms with E-state index in [9.17, 15) is 9.18 Å². The lowest BCUT2D eigenvalue weighted by molar-refractivity contribution is -0.125. The van der Waals surface area contributed by atoms with Crippen LogP contribution in [-0.4, -0.2) is 19.0 Å². The van der Waals surface area contributed by atoms with Crippen LogP contribution in [-0.2, 0) is 11.3 Å². The minimum absolute atomic E-state index is 0.0446. The van der Waals surface area contributed by atoms with Crippen molar-refractivity contribution in [3.05, 3.63) is 71.5 Å². The summed E-state index contributed by atoms with van der Waals surface area (Å²) in [6, 6.07) is 16.3. The van der Waals surface area contributed by atoms with Gasteiger partial charge < -0.3 is 10.6 Å². The molecule has 2 aromatic rings. The molecule has 2 atom stereocenters. The summed E-state index contributed by atoms with van der Waals surface area (Å²) in [5.41, 5.74) is 2.09. The van der Waals surface area contributed by atoms with Crippen LogP contribution in [0.15, 0.2) is 54.6 Å². The Morgan fingerprint density at radius 2 is 1.82 bits per heavy atom. The first-order valence-electron chi connectivity index (χ1n) is 7.52. The Morgan fingerprint density at radius 3 is 2.55 bits per heavy atom. The number of rotatable bonds is 4. The van der Waals surface area contributed by atoms with Crippen molar-refractivity contribution in [1.82, 2.24) is 10.6 Å². The molecule has 2 aromatic carbocycles. The van der Waals surface area contributed by atoms with Crippen LogP contribution < -0.4 is 10.6 Å².